The van der Waals surface area contributed by atoms with Crippen LogP contribution in [-0.4, -0.2) is 20.8 Å². The Hall–Kier alpha value is -3.49. The third kappa shape index (κ3) is 4.24. The van der Waals surface area contributed by atoms with Crippen molar-refractivity contribution in [3.63, 3.8) is 0 Å². The van der Waals surface area contributed by atoms with Crippen molar-refractivity contribution in [3.8, 4) is 0 Å². The van der Waals surface area contributed by atoms with Gasteiger partial charge in [-0.3, -0.25) is 14.9 Å². The number of hydrogen-bond acceptors (Lipinski definition) is 6. The van der Waals surface area contributed by atoms with Crippen LogP contribution in [0.1, 0.15) is 5.56 Å². The molecule has 0 spiro atoms. The van der Waals surface area contributed by atoms with E-state index in [4.69, 9.17) is 11.6 Å². The smallest absolute Gasteiger partial charge is 0.267 e. The molecule has 0 aliphatic carbocycles. The second-order valence-electron chi connectivity index (χ2n) is 6.20. The minimum Gasteiger partial charge on any atom is -0.267 e. The molecule has 0 bridgehead atoms. The molecule has 148 valence electrons. The lowest BCUT2D eigenvalue weighted by molar-refractivity contribution is -0.387. The van der Waals surface area contributed by atoms with Gasteiger partial charge in [-0.1, -0.05) is 41.6 Å². The molecule has 0 saturated heterocycles. The van der Waals surface area contributed by atoms with Crippen LogP contribution in [0.5, 0.6) is 0 Å². The molecule has 1 heterocycles. The first kappa shape index (κ1) is 19.8. The number of aromatic nitrogens is 2. The molecular weight excluding hydrogens is 424 g/mol. The second kappa shape index (κ2) is 8.48. The highest BCUT2D eigenvalue weighted by atomic mass is 35.5. The van der Waals surface area contributed by atoms with Gasteiger partial charge in [0.05, 0.1) is 26.9 Å². The van der Waals surface area contributed by atoms with Gasteiger partial charge in [0, 0.05) is 21.5 Å². The van der Waals surface area contributed by atoms with Crippen LogP contribution in [-0.2, 0) is 0 Å². The number of para-hydroxylation sites is 1. The van der Waals surface area contributed by atoms with Crippen LogP contribution < -0.4 is 5.56 Å². The molecule has 0 atom stereocenters. The van der Waals surface area contributed by atoms with Crippen molar-refractivity contribution in [3.05, 3.63) is 104 Å². The minimum atomic E-state index is -0.445. The van der Waals surface area contributed by atoms with Crippen molar-refractivity contribution in [2.24, 2.45) is 5.10 Å². The molecule has 0 fully saturated rings. The van der Waals surface area contributed by atoms with Crippen molar-refractivity contribution in [1.29, 1.82) is 0 Å². The van der Waals surface area contributed by atoms with E-state index in [0.717, 1.165) is 9.57 Å². The fourth-order valence-corrected chi connectivity index (χ4v) is 3.77. The fourth-order valence-electron chi connectivity index (χ4n) is 2.74. The number of nitro groups is 1. The quantitative estimate of drug-likeness (QED) is 0.249. The van der Waals surface area contributed by atoms with Crippen LogP contribution in [0.3, 0.4) is 0 Å². The average Bonchev–Trinajstić information content (AvgIpc) is 2.75. The van der Waals surface area contributed by atoms with Gasteiger partial charge in [-0.2, -0.15) is 9.78 Å². The van der Waals surface area contributed by atoms with E-state index in [1.54, 1.807) is 60.7 Å². The highest BCUT2D eigenvalue weighted by Crippen LogP contribution is 2.35. The Kier molecular flexibility index (Phi) is 5.60. The first-order chi connectivity index (χ1) is 14.5. The summed E-state index contributed by atoms with van der Waals surface area (Å²) in [6.45, 7) is 0. The summed E-state index contributed by atoms with van der Waals surface area (Å²) in [5.41, 5.74) is 0.694. The molecule has 0 N–H and O–H groups in total. The van der Waals surface area contributed by atoms with Crippen molar-refractivity contribution in [1.82, 2.24) is 9.66 Å². The molecule has 0 radical (unpaired) electrons. The number of hydrogen-bond donors (Lipinski definition) is 0. The lowest BCUT2D eigenvalue weighted by atomic mass is 10.2. The number of halogens is 1. The SMILES string of the molecule is O=c1c2ccccc2ncn1N=Cc1ccc(Sc2ccc(Cl)cc2)c([N+](=O)[O-])c1. The molecule has 3 aromatic carbocycles. The van der Waals surface area contributed by atoms with Crippen LogP contribution in [0.4, 0.5) is 5.69 Å². The van der Waals surface area contributed by atoms with Crippen LogP contribution in [0.15, 0.2) is 92.7 Å². The highest BCUT2D eigenvalue weighted by Gasteiger charge is 2.15. The predicted molar refractivity (Wildman–Crippen MR) is 118 cm³/mol. The standard InChI is InChI=1S/C21H13ClN4O3S/c22-15-6-8-16(9-7-15)30-20-10-5-14(11-19(20)26(28)29)12-24-25-13-23-18-4-2-1-3-17(18)21(25)27/h1-13H. The zero-order chi connectivity index (χ0) is 21.1. The molecule has 0 saturated carbocycles. The van der Waals surface area contributed by atoms with Crippen LogP contribution in [0.25, 0.3) is 10.9 Å². The summed E-state index contributed by atoms with van der Waals surface area (Å²) in [4.78, 5) is 29.1. The summed E-state index contributed by atoms with van der Waals surface area (Å²) in [6.07, 6.45) is 2.71. The largest absolute Gasteiger partial charge is 0.283 e. The van der Waals surface area contributed by atoms with Crippen molar-refractivity contribution >= 4 is 46.2 Å². The van der Waals surface area contributed by atoms with Crippen LogP contribution in [0, 0.1) is 10.1 Å². The Morgan fingerprint density at radius 3 is 2.63 bits per heavy atom. The number of rotatable bonds is 5. The van der Waals surface area contributed by atoms with Gasteiger partial charge in [0.1, 0.15) is 6.33 Å². The molecular formula is C21H13ClN4O3S. The molecule has 0 amide bonds. The highest BCUT2D eigenvalue weighted by molar-refractivity contribution is 7.99. The molecule has 0 unspecified atom stereocenters. The van der Waals surface area contributed by atoms with E-state index in [0.29, 0.717) is 26.4 Å². The molecule has 7 nitrogen and oxygen atoms in total. The Morgan fingerprint density at radius 1 is 1.10 bits per heavy atom. The second-order valence-corrected chi connectivity index (χ2v) is 7.75. The van der Waals surface area contributed by atoms with Gasteiger partial charge < -0.3 is 0 Å². The molecule has 0 aliphatic rings. The lowest BCUT2D eigenvalue weighted by Gasteiger charge is -2.05. The van der Waals surface area contributed by atoms with Crippen LogP contribution in [0.2, 0.25) is 5.02 Å². The van der Waals surface area contributed by atoms with E-state index < -0.39 is 4.92 Å². The number of benzene rings is 3. The third-order valence-corrected chi connectivity index (χ3v) is 5.53. The maximum absolute atomic E-state index is 12.5. The predicted octanol–water partition coefficient (Wildman–Crippen LogP) is 4.99. The zero-order valence-electron chi connectivity index (χ0n) is 15.3. The molecule has 30 heavy (non-hydrogen) atoms. The van der Waals surface area contributed by atoms with Gasteiger partial charge in [-0.25, -0.2) is 4.98 Å². The summed E-state index contributed by atoms with van der Waals surface area (Å²) >= 11 is 7.15. The summed E-state index contributed by atoms with van der Waals surface area (Å²) in [5, 5.41) is 16.7. The van der Waals surface area contributed by atoms with Crippen molar-refractivity contribution in [2.45, 2.75) is 9.79 Å². The molecule has 4 aromatic rings. The summed E-state index contributed by atoms with van der Waals surface area (Å²) < 4.78 is 1.10. The molecule has 4 rings (SSSR count). The van der Waals surface area contributed by atoms with E-state index in [1.165, 1.54) is 30.4 Å². The van der Waals surface area contributed by atoms with Crippen molar-refractivity contribution < 1.29 is 4.92 Å². The topological polar surface area (TPSA) is 90.4 Å². The van der Waals surface area contributed by atoms with Gasteiger partial charge in [0.15, 0.2) is 0 Å². The molecule has 9 heteroatoms. The van der Waals surface area contributed by atoms with Gasteiger partial charge in [-0.15, -0.1) is 0 Å². The third-order valence-electron chi connectivity index (χ3n) is 4.20. The molecule has 0 aliphatic heterocycles. The van der Waals surface area contributed by atoms with E-state index in [2.05, 4.69) is 10.1 Å². The first-order valence-corrected chi connectivity index (χ1v) is 9.93. The Labute approximate surface area is 179 Å². The normalized spacial score (nSPS) is 11.2. The first-order valence-electron chi connectivity index (χ1n) is 8.74. The zero-order valence-corrected chi connectivity index (χ0v) is 16.9. The van der Waals surface area contributed by atoms with E-state index in [9.17, 15) is 14.9 Å². The Bertz CT molecular complexity index is 1340. The fraction of sp³-hybridized carbons (Fsp3) is 0. The monoisotopic (exact) mass is 436 g/mol. The summed E-state index contributed by atoms with van der Waals surface area (Å²) in [7, 11) is 0. The van der Waals surface area contributed by atoms with Crippen LogP contribution >= 0.6 is 23.4 Å². The maximum Gasteiger partial charge on any atom is 0.283 e. The van der Waals surface area contributed by atoms with Gasteiger partial charge in [0.2, 0.25) is 0 Å². The van der Waals surface area contributed by atoms with E-state index in [-0.39, 0.29) is 11.2 Å². The van der Waals surface area contributed by atoms with Gasteiger partial charge >= 0.3 is 0 Å². The lowest BCUT2D eigenvalue weighted by Crippen LogP contribution is -2.16. The number of nitrogens with zero attached hydrogens (tertiary/aromatic N) is 4. The molecule has 1 aromatic heterocycles. The van der Waals surface area contributed by atoms with Crippen molar-refractivity contribution in [2.75, 3.05) is 0 Å². The van der Waals surface area contributed by atoms with Gasteiger partial charge in [0.25, 0.3) is 11.2 Å². The summed E-state index contributed by atoms with van der Waals surface area (Å²) in [6, 6.07) is 18.8. The van der Waals surface area contributed by atoms with E-state index in [1.807, 2.05) is 0 Å². The number of fused-ring (bicyclic) bond motifs is 1. The maximum atomic E-state index is 12.5. The Morgan fingerprint density at radius 2 is 1.87 bits per heavy atom. The van der Waals surface area contributed by atoms with E-state index >= 15 is 0 Å². The summed E-state index contributed by atoms with van der Waals surface area (Å²) in [5.74, 6) is 0. The minimum absolute atomic E-state index is 0.0529. The average molecular weight is 437 g/mol. The van der Waals surface area contributed by atoms with Gasteiger partial charge in [-0.05, 0) is 42.5 Å². The Balaban J connectivity index is 1.64. The number of nitro benzene ring substituents is 1.